The third-order valence-corrected chi connectivity index (χ3v) is 5.43. The summed E-state index contributed by atoms with van der Waals surface area (Å²) < 4.78 is 33.8. The molecule has 1 aliphatic carbocycles. The minimum Gasteiger partial charge on any atom is -0.495 e. The molecule has 5 nitrogen and oxygen atoms in total. The van der Waals surface area contributed by atoms with Crippen molar-refractivity contribution in [2.24, 2.45) is 0 Å². The van der Waals surface area contributed by atoms with Crippen LogP contribution in [0.15, 0.2) is 30.3 Å². The van der Waals surface area contributed by atoms with E-state index in [1.165, 1.54) is 17.9 Å². The maximum atomic E-state index is 13.7. The van der Waals surface area contributed by atoms with Crippen LogP contribution < -0.4 is 10.1 Å². The standard InChI is InChI=1S/C21H18ClF2N3O2/c1-11-8-17(19(29-2)10-14(11)22)25-21(28)20-13-4-3-5-18(13)27(26-20)12-6-7-15(23)16(24)9-12/h6-10H,3-5H2,1-2H3,(H,25,28). The SMILES string of the molecule is COc1cc(Cl)c(C)cc1NC(=O)c1nn(-c2ccc(F)c(F)c2)c2c1CCC2. The largest absolute Gasteiger partial charge is 0.495 e. The maximum Gasteiger partial charge on any atom is 0.276 e. The number of aryl methyl sites for hydroxylation is 1. The molecule has 29 heavy (non-hydrogen) atoms. The van der Waals surface area contributed by atoms with E-state index in [1.807, 2.05) is 6.92 Å². The van der Waals surface area contributed by atoms with Gasteiger partial charge in [-0.2, -0.15) is 5.10 Å². The number of carbonyl (C=O) groups is 1. The van der Waals surface area contributed by atoms with Crippen molar-refractivity contribution in [2.75, 3.05) is 12.4 Å². The van der Waals surface area contributed by atoms with E-state index in [4.69, 9.17) is 16.3 Å². The zero-order valence-corrected chi connectivity index (χ0v) is 16.6. The van der Waals surface area contributed by atoms with Gasteiger partial charge in [-0.15, -0.1) is 0 Å². The zero-order chi connectivity index (χ0) is 20.7. The van der Waals surface area contributed by atoms with Crippen LogP contribution in [0.4, 0.5) is 14.5 Å². The second kappa shape index (κ2) is 7.48. The van der Waals surface area contributed by atoms with Crippen LogP contribution in [0.1, 0.15) is 33.7 Å². The van der Waals surface area contributed by atoms with E-state index in [1.54, 1.807) is 12.1 Å². The highest BCUT2D eigenvalue weighted by Crippen LogP contribution is 2.33. The smallest absolute Gasteiger partial charge is 0.276 e. The molecule has 2 aromatic carbocycles. The average molecular weight is 418 g/mol. The molecule has 0 saturated carbocycles. The quantitative estimate of drug-likeness (QED) is 0.659. The number of hydrogen-bond acceptors (Lipinski definition) is 3. The Morgan fingerprint density at radius 1 is 1.21 bits per heavy atom. The molecule has 0 atom stereocenters. The number of anilines is 1. The molecule has 0 bridgehead atoms. The van der Waals surface area contributed by atoms with Gasteiger partial charge < -0.3 is 10.1 Å². The number of nitrogens with one attached hydrogen (secondary N) is 1. The number of carbonyl (C=O) groups excluding carboxylic acids is 1. The number of nitrogens with zero attached hydrogens (tertiary/aromatic N) is 2. The molecule has 150 valence electrons. The highest BCUT2D eigenvalue weighted by molar-refractivity contribution is 6.31. The molecule has 4 rings (SSSR count). The molecule has 0 radical (unpaired) electrons. The lowest BCUT2D eigenvalue weighted by molar-refractivity contribution is 0.102. The summed E-state index contributed by atoms with van der Waals surface area (Å²) in [5.41, 5.74) is 3.56. The van der Waals surface area contributed by atoms with Crippen molar-refractivity contribution in [1.29, 1.82) is 0 Å². The zero-order valence-electron chi connectivity index (χ0n) is 15.9. The summed E-state index contributed by atoms with van der Waals surface area (Å²) >= 11 is 6.12. The van der Waals surface area contributed by atoms with Gasteiger partial charge in [-0.3, -0.25) is 4.79 Å². The number of halogens is 3. The Bertz CT molecular complexity index is 1130. The third kappa shape index (κ3) is 3.46. The Morgan fingerprint density at radius 2 is 2.00 bits per heavy atom. The van der Waals surface area contributed by atoms with Crippen LogP contribution in [-0.4, -0.2) is 22.8 Å². The van der Waals surface area contributed by atoms with Gasteiger partial charge in [-0.25, -0.2) is 13.5 Å². The molecule has 0 spiro atoms. The van der Waals surface area contributed by atoms with E-state index in [-0.39, 0.29) is 5.69 Å². The van der Waals surface area contributed by atoms with E-state index in [0.29, 0.717) is 35.0 Å². The van der Waals surface area contributed by atoms with Gasteiger partial charge >= 0.3 is 0 Å². The topological polar surface area (TPSA) is 56.1 Å². The van der Waals surface area contributed by atoms with E-state index in [2.05, 4.69) is 10.4 Å². The van der Waals surface area contributed by atoms with Gasteiger partial charge in [0.25, 0.3) is 5.91 Å². The Hall–Kier alpha value is -2.93. The minimum absolute atomic E-state index is 0.261. The molecule has 3 aromatic rings. The van der Waals surface area contributed by atoms with Crippen LogP contribution in [-0.2, 0) is 12.8 Å². The number of methoxy groups -OCH3 is 1. The molecule has 1 aliphatic rings. The molecule has 1 heterocycles. The monoisotopic (exact) mass is 417 g/mol. The van der Waals surface area contributed by atoms with Gasteiger partial charge in [-0.1, -0.05) is 11.6 Å². The second-order valence-electron chi connectivity index (χ2n) is 6.89. The van der Waals surface area contributed by atoms with Crippen LogP contribution >= 0.6 is 11.6 Å². The van der Waals surface area contributed by atoms with Crippen LogP contribution in [0, 0.1) is 18.6 Å². The van der Waals surface area contributed by atoms with Crippen LogP contribution in [0.5, 0.6) is 5.75 Å². The highest BCUT2D eigenvalue weighted by atomic mass is 35.5. The molecule has 8 heteroatoms. The number of benzene rings is 2. The molecular weight excluding hydrogens is 400 g/mol. The Morgan fingerprint density at radius 3 is 2.72 bits per heavy atom. The molecule has 1 aromatic heterocycles. The van der Waals surface area contributed by atoms with Crippen LogP contribution in [0.25, 0.3) is 5.69 Å². The van der Waals surface area contributed by atoms with E-state index in [9.17, 15) is 13.6 Å². The fourth-order valence-corrected chi connectivity index (χ4v) is 3.72. The predicted octanol–water partition coefficient (Wildman–Crippen LogP) is 4.86. The summed E-state index contributed by atoms with van der Waals surface area (Å²) in [6.07, 6.45) is 2.26. The number of rotatable bonds is 4. The fraction of sp³-hybridized carbons (Fsp3) is 0.238. The summed E-state index contributed by atoms with van der Waals surface area (Å²) in [4.78, 5) is 13.0. The van der Waals surface area contributed by atoms with Crippen molar-refractivity contribution >= 4 is 23.2 Å². The summed E-state index contributed by atoms with van der Waals surface area (Å²) in [5.74, 6) is -1.85. The summed E-state index contributed by atoms with van der Waals surface area (Å²) in [6.45, 7) is 1.83. The van der Waals surface area contributed by atoms with E-state index >= 15 is 0 Å². The number of ether oxygens (including phenoxy) is 1. The van der Waals surface area contributed by atoms with Crippen molar-refractivity contribution in [3.8, 4) is 11.4 Å². The fourth-order valence-electron chi connectivity index (χ4n) is 3.56. The lowest BCUT2D eigenvalue weighted by Crippen LogP contribution is -2.15. The molecule has 0 saturated heterocycles. The average Bonchev–Trinajstić information content (AvgIpc) is 3.29. The van der Waals surface area contributed by atoms with Crippen LogP contribution in [0.3, 0.4) is 0 Å². The summed E-state index contributed by atoms with van der Waals surface area (Å²) in [5, 5.41) is 7.77. The molecular formula is C21H18ClF2N3O2. The summed E-state index contributed by atoms with van der Waals surface area (Å²) in [6, 6.07) is 6.93. The molecule has 0 unspecified atom stereocenters. The first kappa shape index (κ1) is 19.4. The Labute approximate surface area is 171 Å². The Balaban J connectivity index is 1.72. The van der Waals surface area contributed by atoms with Gasteiger partial charge in [0.2, 0.25) is 0 Å². The highest BCUT2D eigenvalue weighted by Gasteiger charge is 2.28. The van der Waals surface area contributed by atoms with Gasteiger partial charge in [0, 0.05) is 28.4 Å². The maximum absolute atomic E-state index is 13.7. The molecule has 0 aliphatic heterocycles. The molecule has 1 amide bonds. The van der Waals surface area contributed by atoms with Gasteiger partial charge in [-0.05, 0) is 49.9 Å². The first-order chi connectivity index (χ1) is 13.9. The number of aromatic nitrogens is 2. The van der Waals surface area contributed by atoms with E-state index in [0.717, 1.165) is 35.4 Å². The van der Waals surface area contributed by atoms with Crippen molar-refractivity contribution in [1.82, 2.24) is 9.78 Å². The third-order valence-electron chi connectivity index (χ3n) is 5.02. The van der Waals surface area contributed by atoms with Crippen molar-refractivity contribution in [3.05, 3.63) is 69.5 Å². The second-order valence-corrected chi connectivity index (χ2v) is 7.30. The van der Waals surface area contributed by atoms with Gasteiger partial charge in [0.15, 0.2) is 17.3 Å². The number of amides is 1. The molecule has 0 fully saturated rings. The van der Waals surface area contributed by atoms with Crippen molar-refractivity contribution < 1.29 is 18.3 Å². The Kier molecular flexibility index (Phi) is 5.00. The minimum atomic E-state index is -0.961. The normalized spacial score (nSPS) is 12.7. The van der Waals surface area contributed by atoms with Gasteiger partial charge in [0.1, 0.15) is 5.75 Å². The summed E-state index contributed by atoms with van der Waals surface area (Å²) in [7, 11) is 1.49. The van der Waals surface area contributed by atoms with Crippen LogP contribution in [0.2, 0.25) is 5.02 Å². The first-order valence-corrected chi connectivity index (χ1v) is 9.48. The van der Waals surface area contributed by atoms with Crippen molar-refractivity contribution in [2.45, 2.75) is 26.2 Å². The first-order valence-electron chi connectivity index (χ1n) is 9.10. The molecule has 1 N–H and O–H groups in total. The predicted molar refractivity (Wildman–Crippen MR) is 106 cm³/mol. The number of fused-ring (bicyclic) bond motifs is 1. The lowest BCUT2D eigenvalue weighted by Gasteiger charge is -2.12. The van der Waals surface area contributed by atoms with Gasteiger partial charge in [0.05, 0.1) is 18.5 Å². The van der Waals surface area contributed by atoms with E-state index < -0.39 is 17.5 Å². The lowest BCUT2D eigenvalue weighted by atomic mass is 10.1. The number of hydrogen-bond donors (Lipinski definition) is 1. The van der Waals surface area contributed by atoms with Crippen molar-refractivity contribution in [3.63, 3.8) is 0 Å².